The Bertz CT molecular complexity index is 903. The van der Waals surface area contributed by atoms with E-state index in [2.05, 4.69) is 37.4 Å². The van der Waals surface area contributed by atoms with Gasteiger partial charge in [-0.3, -0.25) is 9.58 Å². The van der Waals surface area contributed by atoms with Crippen molar-refractivity contribution in [3.05, 3.63) is 29.8 Å². The number of nitrogens with zero attached hydrogens (tertiary/aromatic N) is 9. The average Bonchev–Trinajstić information content (AvgIpc) is 3.18. The Morgan fingerprint density at radius 2 is 2.00 bits per heavy atom. The maximum absolute atomic E-state index is 4.77. The van der Waals surface area contributed by atoms with Crippen molar-refractivity contribution >= 4 is 11.5 Å². The lowest BCUT2D eigenvalue weighted by atomic mass is 10.1. The van der Waals surface area contributed by atoms with Crippen molar-refractivity contribution in [3.8, 4) is 0 Å². The molecule has 0 radical (unpaired) electrons. The molecule has 9 nitrogen and oxygen atoms in total. The highest BCUT2D eigenvalue weighted by atomic mass is 15.4. The van der Waals surface area contributed by atoms with E-state index in [1.54, 1.807) is 4.68 Å². The van der Waals surface area contributed by atoms with Gasteiger partial charge in [-0.25, -0.2) is 0 Å². The Kier molecular flexibility index (Phi) is 3.24. The van der Waals surface area contributed by atoms with Crippen LogP contribution in [-0.4, -0.2) is 65.9 Å². The predicted octanol–water partition coefficient (Wildman–Crippen LogP) is 0.451. The lowest BCUT2D eigenvalue weighted by molar-refractivity contribution is 0.194. The van der Waals surface area contributed by atoms with Gasteiger partial charge in [-0.05, 0) is 32.0 Å². The Balaban J connectivity index is 1.26. The number of aryl methyl sites for hydroxylation is 1. The van der Waals surface area contributed by atoms with Crippen LogP contribution in [-0.2, 0) is 13.6 Å². The molecule has 0 N–H and O–H groups in total. The van der Waals surface area contributed by atoms with E-state index in [0.29, 0.717) is 12.0 Å². The van der Waals surface area contributed by atoms with E-state index in [1.807, 2.05) is 29.9 Å². The molecule has 0 unspecified atom stereocenters. The van der Waals surface area contributed by atoms with E-state index in [4.69, 9.17) is 5.10 Å². The third-order valence-electron chi connectivity index (χ3n) is 5.09. The molecule has 1 aliphatic carbocycles. The first-order valence-electron chi connectivity index (χ1n) is 8.70. The van der Waals surface area contributed by atoms with Gasteiger partial charge >= 0.3 is 0 Å². The summed E-state index contributed by atoms with van der Waals surface area (Å²) >= 11 is 0. The zero-order valence-corrected chi connectivity index (χ0v) is 14.4. The molecule has 2 fully saturated rings. The van der Waals surface area contributed by atoms with Crippen LogP contribution in [0.4, 0.5) is 5.82 Å². The van der Waals surface area contributed by atoms with Gasteiger partial charge in [-0.15, -0.1) is 20.4 Å². The standard InChI is InChI=1S/C16H21N9/c1-22(7-12-8-23(2)21-17-12)13-9-24(10-13)15-6-5-14-18-19-16(11-3-4-11)25(14)20-15/h5-6,8,11,13H,3-4,7,9-10H2,1-2H3. The van der Waals surface area contributed by atoms with Crippen molar-refractivity contribution in [1.82, 2.24) is 39.7 Å². The van der Waals surface area contributed by atoms with Crippen LogP contribution >= 0.6 is 0 Å². The zero-order chi connectivity index (χ0) is 17.0. The fraction of sp³-hybridized carbons (Fsp3) is 0.562. The van der Waals surface area contributed by atoms with Crippen LogP contribution in [0.15, 0.2) is 18.3 Å². The lowest BCUT2D eigenvalue weighted by Crippen LogP contribution is -2.58. The SMILES string of the molecule is CN(Cc1cn(C)nn1)C1CN(c2ccc3nnc(C4CC4)n3n2)C1. The highest BCUT2D eigenvalue weighted by Crippen LogP contribution is 2.38. The smallest absolute Gasteiger partial charge is 0.178 e. The minimum absolute atomic E-state index is 0.503. The molecule has 0 bridgehead atoms. The summed E-state index contributed by atoms with van der Waals surface area (Å²) in [6.07, 6.45) is 4.37. The van der Waals surface area contributed by atoms with Crippen molar-refractivity contribution in [2.75, 3.05) is 25.0 Å². The van der Waals surface area contributed by atoms with Crippen LogP contribution in [0, 0.1) is 0 Å². The van der Waals surface area contributed by atoms with E-state index >= 15 is 0 Å². The predicted molar refractivity (Wildman–Crippen MR) is 91.2 cm³/mol. The number of fused-ring (bicyclic) bond motifs is 1. The van der Waals surface area contributed by atoms with Crippen LogP contribution < -0.4 is 4.90 Å². The molecule has 9 heteroatoms. The third-order valence-corrected chi connectivity index (χ3v) is 5.09. The Labute approximate surface area is 145 Å². The fourth-order valence-corrected chi connectivity index (χ4v) is 3.33. The second kappa shape index (κ2) is 5.48. The summed E-state index contributed by atoms with van der Waals surface area (Å²) in [5.41, 5.74) is 1.84. The van der Waals surface area contributed by atoms with Crippen LogP contribution in [0.3, 0.4) is 0 Å². The summed E-state index contributed by atoms with van der Waals surface area (Å²) in [6, 6.07) is 4.56. The molecule has 3 aromatic rings. The topological polar surface area (TPSA) is 80.3 Å². The first-order chi connectivity index (χ1) is 12.2. The highest BCUT2D eigenvalue weighted by Gasteiger charge is 2.33. The van der Waals surface area contributed by atoms with Crippen molar-refractivity contribution in [3.63, 3.8) is 0 Å². The highest BCUT2D eigenvalue weighted by molar-refractivity contribution is 5.48. The molecule has 3 aromatic heterocycles. The monoisotopic (exact) mass is 339 g/mol. The van der Waals surface area contributed by atoms with Crippen molar-refractivity contribution in [2.24, 2.45) is 7.05 Å². The molecule has 0 spiro atoms. The largest absolute Gasteiger partial charge is 0.352 e. The molecule has 0 aromatic carbocycles. The summed E-state index contributed by atoms with van der Waals surface area (Å²) in [5.74, 6) is 2.55. The molecule has 2 aliphatic rings. The van der Waals surface area contributed by atoms with Crippen LogP contribution in [0.25, 0.3) is 5.65 Å². The van der Waals surface area contributed by atoms with Gasteiger partial charge in [-0.2, -0.15) is 4.52 Å². The number of hydrogen-bond donors (Lipinski definition) is 0. The number of aromatic nitrogens is 7. The van der Waals surface area contributed by atoms with Crippen molar-refractivity contribution in [2.45, 2.75) is 31.3 Å². The normalized spacial score (nSPS) is 18.3. The maximum atomic E-state index is 4.77. The van der Waals surface area contributed by atoms with Crippen LogP contribution in [0.5, 0.6) is 0 Å². The van der Waals surface area contributed by atoms with Gasteiger partial charge in [0.1, 0.15) is 5.82 Å². The van der Waals surface area contributed by atoms with Gasteiger partial charge in [0, 0.05) is 44.8 Å². The third kappa shape index (κ3) is 2.64. The van der Waals surface area contributed by atoms with E-state index < -0.39 is 0 Å². The number of hydrogen-bond acceptors (Lipinski definition) is 7. The molecule has 25 heavy (non-hydrogen) atoms. The van der Waals surface area contributed by atoms with Gasteiger partial charge in [0.15, 0.2) is 11.5 Å². The van der Waals surface area contributed by atoms with Gasteiger partial charge in [0.25, 0.3) is 0 Å². The van der Waals surface area contributed by atoms with Gasteiger partial charge in [0.2, 0.25) is 0 Å². The molecule has 1 aliphatic heterocycles. The second-order valence-electron chi connectivity index (χ2n) is 7.15. The summed E-state index contributed by atoms with van der Waals surface area (Å²) in [4.78, 5) is 4.63. The van der Waals surface area contributed by atoms with Crippen LogP contribution in [0.2, 0.25) is 0 Å². The van der Waals surface area contributed by atoms with Crippen LogP contribution in [0.1, 0.15) is 30.3 Å². The van der Waals surface area contributed by atoms with E-state index in [9.17, 15) is 0 Å². The summed E-state index contributed by atoms with van der Waals surface area (Å²) < 4.78 is 3.66. The maximum Gasteiger partial charge on any atom is 0.178 e. The number of rotatable bonds is 5. The molecule has 1 saturated carbocycles. The first-order valence-corrected chi connectivity index (χ1v) is 8.70. The quantitative estimate of drug-likeness (QED) is 0.668. The van der Waals surface area contributed by atoms with E-state index in [1.165, 1.54) is 12.8 Å². The van der Waals surface area contributed by atoms with E-state index in [-0.39, 0.29) is 0 Å². The second-order valence-corrected chi connectivity index (χ2v) is 7.15. The Morgan fingerprint density at radius 1 is 1.16 bits per heavy atom. The summed E-state index contributed by atoms with van der Waals surface area (Å²) in [5, 5.41) is 21.5. The summed E-state index contributed by atoms with van der Waals surface area (Å²) in [7, 11) is 4.03. The molecule has 4 heterocycles. The molecule has 0 amide bonds. The van der Waals surface area contributed by atoms with Crippen molar-refractivity contribution < 1.29 is 0 Å². The Hall–Kier alpha value is -2.55. The molecular weight excluding hydrogens is 318 g/mol. The Morgan fingerprint density at radius 3 is 2.72 bits per heavy atom. The molecule has 1 saturated heterocycles. The summed E-state index contributed by atoms with van der Waals surface area (Å²) in [6.45, 7) is 2.75. The first kappa shape index (κ1) is 14.8. The zero-order valence-electron chi connectivity index (χ0n) is 14.4. The average molecular weight is 339 g/mol. The minimum Gasteiger partial charge on any atom is -0.352 e. The number of anilines is 1. The van der Waals surface area contributed by atoms with Gasteiger partial charge in [0.05, 0.1) is 5.69 Å². The lowest BCUT2D eigenvalue weighted by Gasteiger charge is -2.44. The van der Waals surface area contributed by atoms with E-state index in [0.717, 1.165) is 42.6 Å². The fourth-order valence-electron chi connectivity index (χ4n) is 3.33. The number of likely N-dealkylation sites (N-methyl/N-ethyl adjacent to an activating group) is 1. The van der Waals surface area contributed by atoms with Crippen molar-refractivity contribution in [1.29, 1.82) is 0 Å². The molecule has 5 rings (SSSR count). The molecule has 0 atom stereocenters. The molecular formula is C16H21N9. The van der Waals surface area contributed by atoms with Gasteiger partial charge in [-0.1, -0.05) is 5.21 Å². The minimum atomic E-state index is 0.503. The van der Waals surface area contributed by atoms with Gasteiger partial charge < -0.3 is 4.90 Å². The molecule has 130 valence electrons.